The first-order valence-corrected chi connectivity index (χ1v) is 3.28. The van der Waals surface area contributed by atoms with E-state index in [2.05, 4.69) is 0 Å². The molecule has 0 bridgehead atoms. The highest BCUT2D eigenvalue weighted by molar-refractivity contribution is 5.77. The van der Waals surface area contributed by atoms with Gasteiger partial charge in [-0.2, -0.15) is 13.2 Å². The number of halogens is 3. The maximum absolute atomic E-state index is 12.1. The van der Waals surface area contributed by atoms with Crippen LogP contribution in [0.3, 0.4) is 0 Å². The van der Waals surface area contributed by atoms with E-state index in [4.69, 9.17) is 10.8 Å². The average Bonchev–Trinajstić information content (AvgIpc) is 2.35. The van der Waals surface area contributed by atoms with Gasteiger partial charge >= 0.3 is 12.1 Å². The molecular formula is C6H8F3NO2. The van der Waals surface area contributed by atoms with Crippen molar-refractivity contribution in [2.45, 2.75) is 19.1 Å². The minimum Gasteiger partial charge on any atom is -0.481 e. The van der Waals surface area contributed by atoms with Crippen LogP contribution in [-0.2, 0) is 4.79 Å². The predicted molar refractivity (Wildman–Crippen MR) is 33.3 cm³/mol. The smallest absolute Gasteiger partial charge is 0.396 e. The fourth-order valence-electron chi connectivity index (χ4n) is 1.32. The minimum absolute atomic E-state index is 0.830. The van der Waals surface area contributed by atoms with E-state index in [-0.39, 0.29) is 0 Å². The van der Waals surface area contributed by atoms with Gasteiger partial charge in [0.25, 0.3) is 0 Å². The number of alkyl halides is 3. The van der Waals surface area contributed by atoms with E-state index in [0.29, 0.717) is 0 Å². The summed E-state index contributed by atoms with van der Waals surface area (Å²) in [7, 11) is 0. The SMILES string of the molecule is CC1(C(F)(F)F)C(N)C1C(=O)O. The number of nitrogens with two attached hydrogens (primary N) is 1. The largest absolute Gasteiger partial charge is 0.481 e. The summed E-state index contributed by atoms with van der Waals surface area (Å²) in [6.07, 6.45) is -4.53. The summed E-state index contributed by atoms with van der Waals surface area (Å²) >= 11 is 0. The van der Waals surface area contributed by atoms with Gasteiger partial charge in [0.15, 0.2) is 0 Å². The third-order valence-corrected chi connectivity index (χ3v) is 2.47. The minimum atomic E-state index is -4.53. The fraction of sp³-hybridized carbons (Fsp3) is 0.833. The van der Waals surface area contributed by atoms with Gasteiger partial charge in [0, 0.05) is 6.04 Å². The summed E-state index contributed by atoms with van der Waals surface area (Å²) in [5, 5.41) is 8.34. The van der Waals surface area contributed by atoms with Crippen molar-refractivity contribution in [1.82, 2.24) is 0 Å². The van der Waals surface area contributed by atoms with Gasteiger partial charge in [0.05, 0.1) is 11.3 Å². The van der Waals surface area contributed by atoms with Crippen LogP contribution >= 0.6 is 0 Å². The van der Waals surface area contributed by atoms with E-state index in [1.165, 1.54) is 0 Å². The molecule has 70 valence electrons. The highest BCUT2D eigenvalue weighted by Crippen LogP contribution is 2.60. The first-order chi connectivity index (χ1) is 5.23. The number of hydrogen-bond donors (Lipinski definition) is 2. The Bertz CT molecular complexity index is 227. The van der Waals surface area contributed by atoms with Crippen LogP contribution in [0.4, 0.5) is 13.2 Å². The van der Waals surface area contributed by atoms with Gasteiger partial charge in [0.1, 0.15) is 0 Å². The Morgan fingerprint density at radius 3 is 2.08 bits per heavy atom. The molecule has 0 aromatic rings. The molecule has 12 heavy (non-hydrogen) atoms. The maximum atomic E-state index is 12.1. The molecule has 1 saturated carbocycles. The van der Waals surface area contributed by atoms with Gasteiger partial charge in [-0.1, -0.05) is 0 Å². The zero-order valence-electron chi connectivity index (χ0n) is 6.22. The van der Waals surface area contributed by atoms with Crippen LogP contribution in [0.15, 0.2) is 0 Å². The normalized spacial score (nSPS) is 41.1. The van der Waals surface area contributed by atoms with Crippen molar-refractivity contribution < 1.29 is 23.1 Å². The molecule has 3 unspecified atom stereocenters. The number of carboxylic acids is 1. The molecule has 0 aromatic heterocycles. The van der Waals surface area contributed by atoms with Crippen molar-refractivity contribution in [2.75, 3.05) is 0 Å². The number of aliphatic carboxylic acids is 1. The van der Waals surface area contributed by atoms with E-state index in [1.54, 1.807) is 0 Å². The quantitative estimate of drug-likeness (QED) is 0.625. The van der Waals surface area contributed by atoms with E-state index in [9.17, 15) is 18.0 Å². The zero-order valence-corrected chi connectivity index (χ0v) is 6.22. The lowest BCUT2D eigenvalue weighted by Gasteiger charge is -2.14. The van der Waals surface area contributed by atoms with Gasteiger partial charge in [-0.15, -0.1) is 0 Å². The summed E-state index contributed by atoms with van der Waals surface area (Å²) in [5.74, 6) is -2.97. The van der Waals surface area contributed by atoms with Crippen molar-refractivity contribution in [1.29, 1.82) is 0 Å². The highest BCUT2D eigenvalue weighted by atomic mass is 19.4. The first kappa shape index (κ1) is 9.31. The molecule has 0 saturated heterocycles. The van der Waals surface area contributed by atoms with Crippen molar-refractivity contribution >= 4 is 5.97 Å². The van der Waals surface area contributed by atoms with Crippen molar-refractivity contribution in [2.24, 2.45) is 17.1 Å². The van der Waals surface area contributed by atoms with Crippen molar-refractivity contribution in [3.05, 3.63) is 0 Å². The Morgan fingerprint density at radius 1 is 1.58 bits per heavy atom. The second-order valence-electron chi connectivity index (χ2n) is 3.12. The maximum Gasteiger partial charge on any atom is 0.396 e. The fourth-order valence-corrected chi connectivity index (χ4v) is 1.32. The van der Waals surface area contributed by atoms with Crippen LogP contribution in [0.2, 0.25) is 0 Å². The monoisotopic (exact) mass is 183 g/mol. The van der Waals surface area contributed by atoms with E-state index < -0.39 is 29.5 Å². The van der Waals surface area contributed by atoms with E-state index >= 15 is 0 Å². The lowest BCUT2D eigenvalue weighted by Crippen LogP contribution is -2.28. The highest BCUT2D eigenvalue weighted by Gasteiger charge is 2.76. The standard InChI is InChI=1S/C6H8F3NO2/c1-5(6(7,8)9)2(3(5)10)4(11)12/h2-3H,10H2,1H3,(H,11,12). The van der Waals surface area contributed by atoms with Crippen LogP contribution in [0, 0.1) is 11.3 Å². The molecule has 0 radical (unpaired) electrons. The van der Waals surface area contributed by atoms with Crippen LogP contribution in [0.5, 0.6) is 0 Å². The third kappa shape index (κ3) is 0.906. The van der Waals surface area contributed by atoms with Gasteiger partial charge in [-0.05, 0) is 6.92 Å². The number of carbonyl (C=O) groups is 1. The number of rotatable bonds is 1. The van der Waals surface area contributed by atoms with Gasteiger partial charge in [-0.25, -0.2) is 0 Å². The Morgan fingerprint density at radius 2 is 2.00 bits per heavy atom. The van der Waals surface area contributed by atoms with Crippen LogP contribution in [-0.4, -0.2) is 23.3 Å². The molecule has 0 aliphatic heterocycles. The molecule has 0 heterocycles. The second kappa shape index (κ2) is 2.12. The van der Waals surface area contributed by atoms with Crippen molar-refractivity contribution in [3.63, 3.8) is 0 Å². The van der Waals surface area contributed by atoms with Crippen LogP contribution in [0.1, 0.15) is 6.92 Å². The Labute approximate surface area is 66.4 Å². The average molecular weight is 183 g/mol. The molecule has 3 nitrogen and oxygen atoms in total. The zero-order chi connectivity index (χ0) is 9.73. The molecule has 0 amide bonds. The number of carboxylic acid groups (broad SMARTS) is 1. The summed E-state index contributed by atoms with van der Waals surface area (Å²) in [6.45, 7) is 0.830. The molecule has 3 atom stereocenters. The summed E-state index contributed by atoms with van der Waals surface area (Å²) in [6, 6.07) is -1.31. The van der Waals surface area contributed by atoms with Crippen molar-refractivity contribution in [3.8, 4) is 0 Å². The predicted octanol–water partition coefficient (Wildman–Crippen LogP) is 0.597. The molecule has 1 rings (SSSR count). The molecule has 1 fully saturated rings. The molecule has 3 N–H and O–H groups in total. The molecular weight excluding hydrogens is 175 g/mol. The van der Waals surface area contributed by atoms with Gasteiger partial charge < -0.3 is 10.8 Å². The molecule has 1 aliphatic carbocycles. The molecule has 0 spiro atoms. The lowest BCUT2D eigenvalue weighted by molar-refractivity contribution is -0.190. The summed E-state index contributed by atoms with van der Waals surface area (Å²) < 4.78 is 36.4. The summed E-state index contributed by atoms with van der Waals surface area (Å²) in [5.41, 5.74) is 2.79. The lowest BCUT2D eigenvalue weighted by atomic mass is 10.1. The molecule has 1 aliphatic rings. The molecule has 6 heteroatoms. The van der Waals surface area contributed by atoms with Gasteiger partial charge in [-0.3, -0.25) is 4.79 Å². The Balaban J connectivity index is 2.86. The second-order valence-corrected chi connectivity index (χ2v) is 3.12. The van der Waals surface area contributed by atoms with Gasteiger partial charge in [0.2, 0.25) is 0 Å². The first-order valence-electron chi connectivity index (χ1n) is 3.28. The topological polar surface area (TPSA) is 63.3 Å². The van der Waals surface area contributed by atoms with Crippen LogP contribution < -0.4 is 5.73 Å². The molecule has 0 aromatic carbocycles. The Hall–Kier alpha value is -0.780. The van der Waals surface area contributed by atoms with Crippen LogP contribution in [0.25, 0.3) is 0 Å². The Kier molecular flexibility index (Phi) is 1.65. The van der Waals surface area contributed by atoms with E-state index in [0.717, 1.165) is 6.92 Å². The third-order valence-electron chi connectivity index (χ3n) is 2.47. The van der Waals surface area contributed by atoms with E-state index in [1.807, 2.05) is 0 Å². The number of hydrogen-bond acceptors (Lipinski definition) is 2. The summed E-state index contributed by atoms with van der Waals surface area (Å²) in [4.78, 5) is 10.3.